The van der Waals surface area contributed by atoms with E-state index in [-0.39, 0.29) is 24.4 Å². The summed E-state index contributed by atoms with van der Waals surface area (Å²) in [7, 11) is 0. The summed E-state index contributed by atoms with van der Waals surface area (Å²) in [5, 5.41) is 18.8. The van der Waals surface area contributed by atoms with Gasteiger partial charge < -0.3 is 15.1 Å². The average Bonchev–Trinajstić information content (AvgIpc) is 2.92. The molecule has 2 N–H and O–H groups in total. The molecular weight excluding hydrogens is 314 g/mol. The summed E-state index contributed by atoms with van der Waals surface area (Å²) in [6.45, 7) is 1.53. The van der Waals surface area contributed by atoms with Crippen LogP contribution in [0.2, 0.25) is 0 Å². The van der Waals surface area contributed by atoms with Crippen molar-refractivity contribution < 1.29 is 24.6 Å². The third kappa shape index (κ3) is 2.32. The van der Waals surface area contributed by atoms with Crippen molar-refractivity contribution in [2.75, 3.05) is 0 Å². The molecule has 0 aliphatic carbocycles. The lowest BCUT2D eigenvalue weighted by molar-refractivity contribution is -0.142. The molecule has 0 bridgehead atoms. The average molecular weight is 329 g/mol. The minimum atomic E-state index is -1.22. The van der Waals surface area contributed by atoms with Crippen LogP contribution in [0.5, 0.6) is 0 Å². The standard InChI is InChI=1S/C16H15N3O5/c1-2-10(15(21)22)18-7-12-13(16(23)24)17-8-19(12)11-6-4-3-5-9(11)14(18)20/h3-6,8,10H,2,7H2,1H3,(H,21,22)(H,23,24). The molecule has 1 unspecified atom stereocenters. The van der Waals surface area contributed by atoms with E-state index in [4.69, 9.17) is 0 Å². The van der Waals surface area contributed by atoms with Gasteiger partial charge in [-0.2, -0.15) is 0 Å². The maximum absolute atomic E-state index is 12.9. The Labute approximate surface area is 137 Å². The van der Waals surface area contributed by atoms with Gasteiger partial charge >= 0.3 is 11.9 Å². The number of para-hydroxylation sites is 1. The van der Waals surface area contributed by atoms with E-state index in [9.17, 15) is 24.6 Å². The molecule has 24 heavy (non-hydrogen) atoms. The van der Waals surface area contributed by atoms with E-state index in [0.717, 1.165) is 0 Å². The lowest BCUT2D eigenvalue weighted by Crippen LogP contribution is -2.44. The number of carbonyl (C=O) groups is 3. The van der Waals surface area contributed by atoms with Crippen molar-refractivity contribution in [2.45, 2.75) is 25.9 Å². The summed E-state index contributed by atoms with van der Waals surface area (Å²) in [6, 6.07) is 5.62. The maximum atomic E-state index is 12.9. The largest absolute Gasteiger partial charge is 0.480 e. The summed E-state index contributed by atoms with van der Waals surface area (Å²) in [4.78, 5) is 40.9. The Balaban J connectivity index is 2.24. The van der Waals surface area contributed by atoms with Gasteiger partial charge in [0.2, 0.25) is 0 Å². The van der Waals surface area contributed by atoms with Gasteiger partial charge in [0.25, 0.3) is 5.91 Å². The van der Waals surface area contributed by atoms with Gasteiger partial charge in [0.15, 0.2) is 5.69 Å². The molecule has 2 heterocycles. The lowest BCUT2D eigenvalue weighted by atomic mass is 10.1. The number of hydrogen-bond acceptors (Lipinski definition) is 4. The van der Waals surface area contributed by atoms with E-state index in [1.54, 1.807) is 31.2 Å². The number of aliphatic carboxylic acids is 1. The third-order valence-corrected chi connectivity index (χ3v) is 4.09. The van der Waals surface area contributed by atoms with Crippen molar-refractivity contribution in [2.24, 2.45) is 0 Å². The highest BCUT2D eigenvalue weighted by atomic mass is 16.4. The minimum absolute atomic E-state index is 0.139. The number of carbonyl (C=O) groups excluding carboxylic acids is 1. The van der Waals surface area contributed by atoms with Crippen LogP contribution < -0.4 is 0 Å². The number of hydrogen-bond donors (Lipinski definition) is 2. The molecule has 8 heteroatoms. The van der Waals surface area contributed by atoms with Crippen molar-refractivity contribution in [1.29, 1.82) is 0 Å². The molecular formula is C16H15N3O5. The van der Waals surface area contributed by atoms with E-state index in [1.807, 2.05) is 0 Å². The molecule has 3 rings (SSSR count). The number of imidazole rings is 1. The zero-order chi connectivity index (χ0) is 17.4. The Morgan fingerprint density at radius 3 is 2.62 bits per heavy atom. The number of aromatic carboxylic acids is 1. The number of nitrogens with zero attached hydrogens (tertiary/aromatic N) is 3. The molecule has 1 aliphatic heterocycles. The van der Waals surface area contributed by atoms with Crippen LogP contribution >= 0.6 is 0 Å². The minimum Gasteiger partial charge on any atom is -0.480 e. The van der Waals surface area contributed by atoms with Crippen LogP contribution in [0.3, 0.4) is 0 Å². The molecule has 0 saturated carbocycles. The number of carboxylic acid groups (broad SMARTS) is 2. The third-order valence-electron chi connectivity index (χ3n) is 4.09. The molecule has 2 aromatic rings. The molecule has 1 aromatic heterocycles. The molecule has 8 nitrogen and oxygen atoms in total. The van der Waals surface area contributed by atoms with Crippen LogP contribution in [0.4, 0.5) is 0 Å². The van der Waals surface area contributed by atoms with Crippen LogP contribution in [-0.4, -0.2) is 48.6 Å². The Kier molecular flexibility index (Phi) is 3.80. The molecule has 0 radical (unpaired) electrons. The van der Waals surface area contributed by atoms with Crippen molar-refractivity contribution in [1.82, 2.24) is 14.5 Å². The molecule has 0 spiro atoms. The lowest BCUT2D eigenvalue weighted by Gasteiger charge is -2.27. The summed E-state index contributed by atoms with van der Waals surface area (Å²) >= 11 is 0. The predicted octanol–water partition coefficient (Wildman–Crippen LogP) is 1.39. The van der Waals surface area contributed by atoms with Gasteiger partial charge in [0, 0.05) is 0 Å². The predicted molar refractivity (Wildman–Crippen MR) is 82.1 cm³/mol. The first-order valence-electron chi connectivity index (χ1n) is 7.38. The number of rotatable bonds is 4. The first-order valence-corrected chi connectivity index (χ1v) is 7.38. The van der Waals surface area contributed by atoms with Crippen LogP contribution in [0.25, 0.3) is 5.69 Å². The van der Waals surface area contributed by atoms with Crippen molar-refractivity contribution in [3.63, 3.8) is 0 Å². The monoisotopic (exact) mass is 329 g/mol. The van der Waals surface area contributed by atoms with Crippen LogP contribution in [0.1, 0.15) is 39.9 Å². The molecule has 0 fully saturated rings. The van der Waals surface area contributed by atoms with Gasteiger partial charge in [-0.05, 0) is 18.6 Å². The molecule has 1 aliphatic rings. The number of benzene rings is 1. The smallest absolute Gasteiger partial charge is 0.356 e. The number of carboxylic acids is 2. The Morgan fingerprint density at radius 2 is 2.00 bits per heavy atom. The topological polar surface area (TPSA) is 113 Å². The first kappa shape index (κ1) is 15.7. The zero-order valence-corrected chi connectivity index (χ0v) is 12.8. The number of amides is 1. The summed E-state index contributed by atoms with van der Waals surface area (Å²) in [5.41, 5.74) is 0.885. The normalized spacial score (nSPS) is 14.5. The van der Waals surface area contributed by atoms with E-state index in [1.165, 1.54) is 15.8 Å². The van der Waals surface area contributed by atoms with Crippen molar-refractivity contribution in [3.8, 4) is 5.69 Å². The fraction of sp³-hybridized carbons (Fsp3) is 0.250. The molecule has 1 amide bonds. The number of aromatic nitrogens is 2. The van der Waals surface area contributed by atoms with Crippen LogP contribution in [0, 0.1) is 0 Å². The summed E-state index contributed by atoms with van der Waals surface area (Å²) in [6.07, 6.45) is 1.55. The van der Waals surface area contributed by atoms with Gasteiger partial charge in [-0.1, -0.05) is 19.1 Å². The van der Waals surface area contributed by atoms with Crippen molar-refractivity contribution in [3.05, 3.63) is 47.5 Å². The fourth-order valence-electron chi connectivity index (χ4n) is 2.94. The van der Waals surface area contributed by atoms with E-state index >= 15 is 0 Å². The quantitative estimate of drug-likeness (QED) is 0.876. The van der Waals surface area contributed by atoms with Gasteiger partial charge in [-0.3, -0.25) is 9.36 Å². The van der Waals surface area contributed by atoms with Gasteiger partial charge in [0.1, 0.15) is 12.4 Å². The number of fused-ring (bicyclic) bond motifs is 3. The van der Waals surface area contributed by atoms with Crippen LogP contribution in [0.15, 0.2) is 30.6 Å². The summed E-state index contributed by atoms with van der Waals surface area (Å²) in [5.74, 6) is -2.80. The van der Waals surface area contributed by atoms with Gasteiger partial charge in [0.05, 0.1) is 23.5 Å². The van der Waals surface area contributed by atoms with Gasteiger partial charge in [-0.25, -0.2) is 14.6 Å². The first-order chi connectivity index (χ1) is 11.5. The second-order valence-corrected chi connectivity index (χ2v) is 5.43. The Bertz CT molecular complexity index is 842. The van der Waals surface area contributed by atoms with E-state index in [0.29, 0.717) is 11.3 Å². The molecule has 0 saturated heterocycles. The maximum Gasteiger partial charge on any atom is 0.356 e. The molecule has 1 aromatic carbocycles. The zero-order valence-electron chi connectivity index (χ0n) is 12.8. The highest BCUT2D eigenvalue weighted by Crippen LogP contribution is 2.28. The second kappa shape index (κ2) is 5.80. The van der Waals surface area contributed by atoms with Crippen molar-refractivity contribution >= 4 is 17.8 Å². The second-order valence-electron chi connectivity index (χ2n) is 5.43. The van der Waals surface area contributed by atoms with Gasteiger partial charge in [-0.15, -0.1) is 0 Å². The SMILES string of the molecule is CCC(C(=O)O)N1Cc2c(C(=O)O)ncn2-c2ccccc2C1=O. The fourth-order valence-corrected chi connectivity index (χ4v) is 2.94. The highest BCUT2D eigenvalue weighted by Gasteiger charge is 2.35. The summed E-state index contributed by atoms with van der Waals surface area (Å²) < 4.78 is 1.53. The Hall–Kier alpha value is -3.16. The highest BCUT2D eigenvalue weighted by molar-refractivity contribution is 6.00. The molecule has 124 valence electrons. The molecule has 1 atom stereocenters. The van der Waals surface area contributed by atoms with Crippen LogP contribution in [-0.2, 0) is 11.3 Å². The van der Waals surface area contributed by atoms with E-state index in [2.05, 4.69) is 4.98 Å². The Morgan fingerprint density at radius 1 is 1.29 bits per heavy atom. The van der Waals surface area contributed by atoms with E-state index < -0.39 is 23.9 Å².